The van der Waals surface area contributed by atoms with E-state index in [1.54, 1.807) is 0 Å². The molecule has 1 fully saturated rings. The summed E-state index contributed by atoms with van der Waals surface area (Å²) >= 11 is 0. The maximum absolute atomic E-state index is 4.55. The molecule has 2 rings (SSSR count). The van der Waals surface area contributed by atoms with Gasteiger partial charge in [0, 0.05) is 11.9 Å². The average molecular weight is 288 g/mol. The molecule has 1 aromatic heterocycles. The summed E-state index contributed by atoms with van der Waals surface area (Å²) in [6.07, 6.45) is 8.63. The van der Waals surface area contributed by atoms with Crippen molar-refractivity contribution < 1.29 is 0 Å². The second-order valence-corrected chi connectivity index (χ2v) is 7.18. The summed E-state index contributed by atoms with van der Waals surface area (Å²) < 4.78 is 0. The highest BCUT2D eigenvalue weighted by atomic mass is 14.9. The number of nitrogens with one attached hydrogen (secondary N) is 1. The number of pyridine rings is 1. The van der Waals surface area contributed by atoms with Crippen LogP contribution in [-0.2, 0) is 6.42 Å². The quantitative estimate of drug-likeness (QED) is 0.808. The third-order valence-corrected chi connectivity index (χ3v) is 4.98. The largest absolute Gasteiger partial charge is 0.316 e. The average Bonchev–Trinajstić information content (AvgIpc) is 2.49. The summed E-state index contributed by atoms with van der Waals surface area (Å²) in [7, 11) is 0. The van der Waals surface area contributed by atoms with Crippen molar-refractivity contribution in [1.82, 2.24) is 10.3 Å². The van der Waals surface area contributed by atoms with E-state index in [9.17, 15) is 0 Å². The summed E-state index contributed by atoms with van der Waals surface area (Å²) in [5.41, 5.74) is 1.27. The molecule has 1 aromatic rings. The molecular formula is C19H32N2. The zero-order chi connectivity index (χ0) is 15.1. The Balaban J connectivity index is 1.93. The van der Waals surface area contributed by atoms with E-state index in [-0.39, 0.29) is 0 Å². The number of hydrogen-bond acceptors (Lipinski definition) is 2. The number of rotatable bonds is 7. The lowest BCUT2D eigenvalue weighted by Crippen LogP contribution is -2.35. The third kappa shape index (κ3) is 5.43. The van der Waals surface area contributed by atoms with Crippen LogP contribution in [0.2, 0.25) is 0 Å². The van der Waals surface area contributed by atoms with Crippen molar-refractivity contribution in [2.45, 2.75) is 52.9 Å². The molecule has 0 saturated heterocycles. The highest BCUT2D eigenvalue weighted by Gasteiger charge is 2.29. The Morgan fingerprint density at radius 1 is 1.24 bits per heavy atom. The van der Waals surface area contributed by atoms with Gasteiger partial charge in [0.25, 0.3) is 0 Å². The fourth-order valence-corrected chi connectivity index (χ4v) is 3.66. The molecule has 2 heteroatoms. The molecular weight excluding hydrogens is 256 g/mol. The van der Waals surface area contributed by atoms with Gasteiger partial charge in [0.2, 0.25) is 0 Å². The molecule has 3 unspecified atom stereocenters. The fraction of sp³-hybridized carbons (Fsp3) is 0.737. The first-order valence-electron chi connectivity index (χ1n) is 8.79. The molecule has 1 aliphatic rings. The highest BCUT2D eigenvalue weighted by molar-refractivity contribution is 5.05. The molecule has 0 aliphatic heterocycles. The van der Waals surface area contributed by atoms with E-state index in [1.807, 2.05) is 12.3 Å². The highest BCUT2D eigenvalue weighted by Crippen LogP contribution is 2.36. The predicted molar refractivity (Wildman–Crippen MR) is 90.3 cm³/mol. The molecule has 1 aliphatic carbocycles. The van der Waals surface area contributed by atoms with Crippen molar-refractivity contribution in [1.29, 1.82) is 0 Å². The minimum absolute atomic E-state index is 0.742. The second kappa shape index (κ2) is 8.53. The first kappa shape index (κ1) is 16.5. The molecule has 1 N–H and O–H groups in total. The normalized spacial score (nSPS) is 26.2. The van der Waals surface area contributed by atoms with Crippen molar-refractivity contribution in [3.63, 3.8) is 0 Å². The van der Waals surface area contributed by atoms with Gasteiger partial charge >= 0.3 is 0 Å². The van der Waals surface area contributed by atoms with Crippen LogP contribution in [0.15, 0.2) is 24.4 Å². The van der Waals surface area contributed by atoms with E-state index >= 15 is 0 Å². The standard InChI is InChI=1S/C19H32N2/c1-4-16-8-9-17(14-20-13-15(2)3)18(11-16)12-19-7-5-6-10-21-19/h5-7,10,15-18,20H,4,8-9,11-14H2,1-3H3. The van der Waals surface area contributed by atoms with Crippen LogP contribution < -0.4 is 5.32 Å². The Kier molecular flexibility index (Phi) is 6.69. The van der Waals surface area contributed by atoms with Crippen LogP contribution >= 0.6 is 0 Å². The van der Waals surface area contributed by atoms with E-state index < -0.39 is 0 Å². The maximum atomic E-state index is 4.55. The van der Waals surface area contributed by atoms with E-state index in [1.165, 1.54) is 37.9 Å². The number of aromatic nitrogens is 1. The smallest absolute Gasteiger partial charge is 0.0406 e. The van der Waals surface area contributed by atoms with Crippen LogP contribution in [0.3, 0.4) is 0 Å². The minimum atomic E-state index is 0.742. The van der Waals surface area contributed by atoms with Gasteiger partial charge in [-0.15, -0.1) is 0 Å². The van der Waals surface area contributed by atoms with Crippen LogP contribution in [0.4, 0.5) is 0 Å². The van der Waals surface area contributed by atoms with Gasteiger partial charge in [-0.2, -0.15) is 0 Å². The SMILES string of the molecule is CCC1CCC(CNCC(C)C)C(Cc2ccccn2)C1. The topological polar surface area (TPSA) is 24.9 Å². The van der Waals surface area contributed by atoms with E-state index in [0.29, 0.717) is 0 Å². The molecule has 0 aromatic carbocycles. The van der Waals surface area contributed by atoms with Gasteiger partial charge in [0.15, 0.2) is 0 Å². The number of nitrogens with zero attached hydrogens (tertiary/aromatic N) is 1. The molecule has 21 heavy (non-hydrogen) atoms. The van der Waals surface area contributed by atoms with Crippen LogP contribution in [0.5, 0.6) is 0 Å². The fourth-order valence-electron chi connectivity index (χ4n) is 3.66. The second-order valence-electron chi connectivity index (χ2n) is 7.18. The van der Waals surface area contributed by atoms with E-state index in [4.69, 9.17) is 0 Å². The Bertz CT molecular complexity index is 388. The Morgan fingerprint density at radius 2 is 2.10 bits per heavy atom. The Morgan fingerprint density at radius 3 is 2.76 bits per heavy atom. The van der Waals surface area contributed by atoms with Gasteiger partial charge in [-0.25, -0.2) is 0 Å². The van der Waals surface area contributed by atoms with Gasteiger partial charge < -0.3 is 5.32 Å². The van der Waals surface area contributed by atoms with Gasteiger partial charge in [-0.3, -0.25) is 4.98 Å². The molecule has 118 valence electrons. The van der Waals surface area contributed by atoms with Gasteiger partial charge in [-0.05, 0) is 68.2 Å². The Labute approximate surface area is 130 Å². The monoisotopic (exact) mass is 288 g/mol. The zero-order valence-electron chi connectivity index (χ0n) is 14.0. The first-order chi connectivity index (χ1) is 10.2. The minimum Gasteiger partial charge on any atom is -0.316 e. The lowest BCUT2D eigenvalue weighted by atomic mass is 9.71. The molecule has 1 saturated carbocycles. The van der Waals surface area contributed by atoms with E-state index in [0.717, 1.165) is 36.6 Å². The lowest BCUT2D eigenvalue weighted by molar-refractivity contribution is 0.169. The van der Waals surface area contributed by atoms with Crippen molar-refractivity contribution in [2.24, 2.45) is 23.7 Å². The maximum Gasteiger partial charge on any atom is 0.0406 e. The molecule has 0 radical (unpaired) electrons. The van der Waals surface area contributed by atoms with Crippen molar-refractivity contribution in [3.05, 3.63) is 30.1 Å². The van der Waals surface area contributed by atoms with Crippen LogP contribution in [-0.4, -0.2) is 18.1 Å². The van der Waals surface area contributed by atoms with Gasteiger partial charge in [0.05, 0.1) is 0 Å². The lowest BCUT2D eigenvalue weighted by Gasteiger charge is -2.36. The Hall–Kier alpha value is -0.890. The molecule has 0 amide bonds. The van der Waals surface area contributed by atoms with Crippen molar-refractivity contribution in [2.75, 3.05) is 13.1 Å². The van der Waals surface area contributed by atoms with Crippen molar-refractivity contribution >= 4 is 0 Å². The molecule has 0 bridgehead atoms. The molecule has 2 nitrogen and oxygen atoms in total. The van der Waals surface area contributed by atoms with Crippen molar-refractivity contribution in [3.8, 4) is 0 Å². The van der Waals surface area contributed by atoms with Crippen LogP contribution in [0.1, 0.15) is 52.1 Å². The number of hydrogen-bond donors (Lipinski definition) is 1. The van der Waals surface area contributed by atoms with E-state index in [2.05, 4.69) is 43.2 Å². The molecule has 3 atom stereocenters. The summed E-state index contributed by atoms with van der Waals surface area (Å²) in [5, 5.41) is 3.68. The molecule has 1 heterocycles. The predicted octanol–water partition coefficient (Wildman–Crippen LogP) is 4.31. The first-order valence-corrected chi connectivity index (χ1v) is 8.79. The molecule has 0 spiro atoms. The zero-order valence-corrected chi connectivity index (χ0v) is 14.0. The van der Waals surface area contributed by atoms with Gasteiger partial charge in [-0.1, -0.05) is 39.7 Å². The van der Waals surface area contributed by atoms with Gasteiger partial charge in [0.1, 0.15) is 0 Å². The summed E-state index contributed by atoms with van der Waals surface area (Å²) in [6.45, 7) is 9.24. The third-order valence-electron chi connectivity index (χ3n) is 4.98. The summed E-state index contributed by atoms with van der Waals surface area (Å²) in [6, 6.07) is 6.32. The van der Waals surface area contributed by atoms with Crippen LogP contribution in [0.25, 0.3) is 0 Å². The summed E-state index contributed by atoms with van der Waals surface area (Å²) in [4.78, 5) is 4.55. The summed E-state index contributed by atoms with van der Waals surface area (Å²) in [5.74, 6) is 3.30. The van der Waals surface area contributed by atoms with Crippen LogP contribution in [0, 0.1) is 23.7 Å².